The minimum atomic E-state index is -3.52. The highest BCUT2D eigenvalue weighted by Gasteiger charge is 2.26. The molecule has 0 unspecified atom stereocenters. The molecule has 1 fully saturated rings. The van der Waals surface area contributed by atoms with Gasteiger partial charge < -0.3 is 10.0 Å². The van der Waals surface area contributed by atoms with Gasteiger partial charge in [-0.15, -0.1) is 0 Å². The van der Waals surface area contributed by atoms with Crippen molar-refractivity contribution in [3.05, 3.63) is 24.3 Å². The van der Waals surface area contributed by atoms with Gasteiger partial charge in [-0.05, 0) is 32.4 Å². The Morgan fingerprint density at radius 3 is 2.63 bits per heavy atom. The van der Waals surface area contributed by atoms with Gasteiger partial charge in [0.1, 0.15) is 4.90 Å². The molecule has 1 aromatic carbocycles. The van der Waals surface area contributed by atoms with Gasteiger partial charge in [0.2, 0.25) is 10.0 Å². The zero-order chi connectivity index (χ0) is 14.0. The quantitative estimate of drug-likeness (QED) is 0.863. The van der Waals surface area contributed by atoms with E-state index < -0.39 is 10.0 Å². The number of hydrogen-bond donors (Lipinski definition) is 2. The Bertz CT molecular complexity index is 543. The standard InChI is InChI=1S/C13H20N2O3S/c1-10(2)14-19(17,18)13-6-4-3-5-12(13)15-8-7-11(16)9-15/h3-6,10-11,14,16H,7-9H2,1-2H3/t11-/m1/s1. The summed E-state index contributed by atoms with van der Waals surface area (Å²) in [5.74, 6) is 0. The lowest BCUT2D eigenvalue weighted by molar-refractivity contribution is 0.198. The first-order valence-electron chi connectivity index (χ1n) is 6.44. The molecule has 0 saturated carbocycles. The van der Waals surface area contributed by atoms with Crippen LogP contribution in [0.1, 0.15) is 20.3 Å². The molecule has 0 aliphatic carbocycles. The first-order chi connectivity index (χ1) is 8.90. The predicted molar refractivity (Wildman–Crippen MR) is 74.7 cm³/mol. The van der Waals surface area contributed by atoms with Crippen molar-refractivity contribution in [3.63, 3.8) is 0 Å². The zero-order valence-electron chi connectivity index (χ0n) is 11.2. The summed E-state index contributed by atoms with van der Waals surface area (Å²) in [7, 11) is -3.52. The van der Waals surface area contributed by atoms with E-state index in [1.54, 1.807) is 32.0 Å². The van der Waals surface area contributed by atoms with Crippen LogP contribution in [0.2, 0.25) is 0 Å². The van der Waals surface area contributed by atoms with Gasteiger partial charge in [0.05, 0.1) is 11.8 Å². The Hall–Kier alpha value is -1.11. The van der Waals surface area contributed by atoms with E-state index >= 15 is 0 Å². The highest BCUT2D eigenvalue weighted by Crippen LogP contribution is 2.28. The third-order valence-corrected chi connectivity index (χ3v) is 4.76. The van der Waals surface area contributed by atoms with E-state index in [0.29, 0.717) is 25.2 Å². The van der Waals surface area contributed by atoms with Gasteiger partial charge in [0, 0.05) is 19.1 Å². The van der Waals surface area contributed by atoms with Crippen molar-refractivity contribution in [3.8, 4) is 0 Å². The van der Waals surface area contributed by atoms with Crippen molar-refractivity contribution in [2.75, 3.05) is 18.0 Å². The van der Waals surface area contributed by atoms with Crippen LogP contribution in [-0.4, -0.2) is 38.8 Å². The van der Waals surface area contributed by atoms with Crippen LogP contribution in [-0.2, 0) is 10.0 Å². The second-order valence-electron chi connectivity index (χ2n) is 5.13. The number of sulfonamides is 1. The second-order valence-corrected chi connectivity index (χ2v) is 6.81. The van der Waals surface area contributed by atoms with Crippen molar-refractivity contribution >= 4 is 15.7 Å². The largest absolute Gasteiger partial charge is 0.391 e. The maximum atomic E-state index is 12.3. The summed E-state index contributed by atoms with van der Waals surface area (Å²) in [5.41, 5.74) is 0.659. The minimum absolute atomic E-state index is 0.151. The lowest BCUT2D eigenvalue weighted by atomic mass is 10.3. The lowest BCUT2D eigenvalue weighted by Crippen LogP contribution is -2.32. The molecular formula is C13H20N2O3S. The molecule has 2 rings (SSSR count). The normalized spacial score (nSPS) is 20.2. The van der Waals surface area contributed by atoms with E-state index in [-0.39, 0.29) is 17.0 Å². The second kappa shape index (κ2) is 5.48. The molecule has 2 N–H and O–H groups in total. The molecule has 1 aliphatic rings. The number of aliphatic hydroxyl groups excluding tert-OH is 1. The molecule has 1 aromatic rings. The Kier molecular flexibility index (Phi) is 4.13. The average Bonchev–Trinajstić information content (AvgIpc) is 2.74. The smallest absolute Gasteiger partial charge is 0.242 e. The minimum Gasteiger partial charge on any atom is -0.391 e. The maximum Gasteiger partial charge on any atom is 0.242 e. The number of benzene rings is 1. The number of aliphatic hydroxyl groups is 1. The summed E-state index contributed by atoms with van der Waals surface area (Å²) in [6.07, 6.45) is 0.292. The molecule has 0 bridgehead atoms. The summed E-state index contributed by atoms with van der Waals surface area (Å²) < 4.78 is 27.2. The van der Waals surface area contributed by atoms with E-state index in [1.165, 1.54) is 0 Å². The van der Waals surface area contributed by atoms with E-state index in [4.69, 9.17) is 0 Å². The molecule has 0 spiro atoms. The molecule has 5 nitrogen and oxygen atoms in total. The van der Waals surface area contributed by atoms with E-state index in [9.17, 15) is 13.5 Å². The molecule has 1 atom stereocenters. The molecule has 0 radical (unpaired) electrons. The van der Waals surface area contributed by atoms with Crippen molar-refractivity contribution in [1.29, 1.82) is 0 Å². The number of anilines is 1. The predicted octanol–water partition coefficient (Wildman–Crippen LogP) is 0.944. The van der Waals surface area contributed by atoms with Gasteiger partial charge in [0.25, 0.3) is 0 Å². The average molecular weight is 284 g/mol. The van der Waals surface area contributed by atoms with Crippen LogP contribution in [0.5, 0.6) is 0 Å². The molecule has 1 aliphatic heterocycles. The number of rotatable bonds is 4. The van der Waals surface area contributed by atoms with Gasteiger partial charge in [-0.1, -0.05) is 12.1 Å². The van der Waals surface area contributed by atoms with Crippen molar-refractivity contribution in [2.45, 2.75) is 37.3 Å². The van der Waals surface area contributed by atoms with Gasteiger partial charge >= 0.3 is 0 Å². The highest BCUT2D eigenvalue weighted by atomic mass is 32.2. The Morgan fingerprint density at radius 2 is 2.05 bits per heavy atom. The first kappa shape index (κ1) is 14.3. The Labute approximate surface area is 114 Å². The fraction of sp³-hybridized carbons (Fsp3) is 0.538. The van der Waals surface area contributed by atoms with Crippen LogP contribution in [0.25, 0.3) is 0 Å². The molecule has 0 amide bonds. The van der Waals surface area contributed by atoms with E-state index in [1.807, 2.05) is 11.0 Å². The summed E-state index contributed by atoms with van der Waals surface area (Å²) in [5, 5.41) is 9.59. The highest BCUT2D eigenvalue weighted by molar-refractivity contribution is 7.89. The third kappa shape index (κ3) is 3.26. The molecule has 0 aromatic heterocycles. The molecule has 1 heterocycles. The van der Waals surface area contributed by atoms with Crippen LogP contribution in [0.4, 0.5) is 5.69 Å². The van der Waals surface area contributed by atoms with Crippen LogP contribution in [0.15, 0.2) is 29.2 Å². The van der Waals surface area contributed by atoms with Gasteiger partial charge in [-0.3, -0.25) is 0 Å². The molecular weight excluding hydrogens is 264 g/mol. The topological polar surface area (TPSA) is 69.6 Å². The SMILES string of the molecule is CC(C)NS(=O)(=O)c1ccccc1N1CC[C@@H](O)C1. The number of hydrogen-bond acceptors (Lipinski definition) is 4. The summed E-state index contributed by atoms with van der Waals surface area (Å²) >= 11 is 0. The van der Waals surface area contributed by atoms with Crippen molar-refractivity contribution in [2.24, 2.45) is 0 Å². The molecule has 19 heavy (non-hydrogen) atoms. The number of nitrogens with zero attached hydrogens (tertiary/aromatic N) is 1. The van der Waals surface area contributed by atoms with Crippen LogP contribution in [0.3, 0.4) is 0 Å². The van der Waals surface area contributed by atoms with Gasteiger partial charge in [0.15, 0.2) is 0 Å². The van der Waals surface area contributed by atoms with Crippen LogP contribution in [0, 0.1) is 0 Å². The Morgan fingerprint density at radius 1 is 1.37 bits per heavy atom. The monoisotopic (exact) mass is 284 g/mol. The fourth-order valence-corrected chi connectivity index (χ4v) is 3.76. The lowest BCUT2D eigenvalue weighted by Gasteiger charge is -2.22. The first-order valence-corrected chi connectivity index (χ1v) is 7.93. The van der Waals surface area contributed by atoms with Gasteiger partial charge in [-0.25, -0.2) is 13.1 Å². The van der Waals surface area contributed by atoms with Crippen LogP contribution >= 0.6 is 0 Å². The zero-order valence-corrected chi connectivity index (χ0v) is 12.0. The molecule has 1 saturated heterocycles. The third-order valence-electron chi connectivity index (χ3n) is 3.05. The molecule has 106 valence electrons. The summed E-state index contributed by atoms with van der Waals surface area (Å²) in [6, 6.07) is 6.76. The fourth-order valence-electron chi connectivity index (χ4n) is 2.28. The molecule has 6 heteroatoms. The van der Waals surface area contributed by atoms with Crippen LogP contribution < -0.4 is 9.62 Å². The van der Waals surface area contributed by atoms with Crippen molar-refractivity contribution in [1.82, 2.24) is 4.72 Å². The number of β-amino-alcohol motifs (C(OH)–C–C–N with tert-alkyl or cyclic N) is 1. The van der Waals surface area contributed by atoms with Gasteiger partial charge in [-0.2, -0.15) is 0 Å². The van der Waals surface area contributed by atoms with E-state index in [0.717, 1.165) is 0 Å². The van der Waals surface area contributed by atoms with E-state index in [2.05, 4.69) is 4.72 Å². The summed E-state index contributed by atoms with van der Waals surface area (Å²) in [4.78, 5) is 2.19. The summed E-state index contributed by atoms with van der Waals surface area (Å²) in [6.45, 7) is 4.74. The number of nitrogens with one attached hydrogen (secondary N) is 1. The Balaban J connectivity index is 2.36. The maximum absolute atomic E-state index is 12.3. The van der Waals surface area contributed by atoms with Crippen molar-refractivity contribution < 1.29 is 13.5 Å². The number of para-hydroxylation sites is 1.